The molecule has 0 aromatic carbocycles. The zero-order chi connectivity index (χ0) is 14.2. The highest BCUT2D eigenvalue weighted by atomic mass is 15.3. The van der Waals surface area contributed by atoms with Crippen LogP contribution < -0.4 is 5.32 Å². The Bertz CT molecular complexity index is 243. The third-order valence-corrected chi connectivity index (χ3v) is 5.14. The van der Waals surface area contributed by atoms with Crippen molar-refractivity contribution in [3.05, 3.63) is 0 Å². The minimum atomic E-state index is 0.734. The van der Waals surface area contributed by atoms with Gasteiger partial charge in [0.2, 0.25) is 0 Å². The summed E-state index contributed by atoms with van der Waals surface area (Å²) in [6, 6.07) is 0.734. The lowest BCUT2D eigenvalue weighted by atomic mass is 9.83. The summed E-state index contributed by atoms with van der Waals surface area (Å²) in [6.45, 7) is 13.3. The van der Waals surface area contributed by atoms with Crippen LogP contribution in [0.25, 0.3) is 0 Å². The van der Waals surface area contributed by atoms with E-state index < -0.39 is 0 Å². The summed E-state index contributed by atoms with van der Waals surface area (Å²) < 4.78 is 0. The van der Waals surface area contributed by atoms with Gasteiger partial charge in [-0.3, -0.25) is 4.90 Å². The Morgan fingerprint density at radius 3 is 2.20 bits per heavy atom. The topological polar surface area (TPSA) is 18.5 Å². The predicted octanol–water partition coefficient (Wildman–Crippen LogP) is 2.57. The molecule has 1 N–H and O–H groups in total. The Hall–Kier alpha value is -0.120. The maximum Gasteiger partial charge on any atom is 0.0223 e. The van der Waals surface area contributed by atoms with E-state index in [1.54, 1.807) is 0 Å². The molecule has 2 fully saturated rings. The molecule has 0 amide bonds. The van der Waals surface area contributed by atoms with Crippen LogP contribution in [-0.4, -0.2) is 61.7 Å². The van der Waals surface area contributed by atoms with Gasteiger partial charge in [0.25, 0.3) is 0 Å². The maximum atomic E-state index is 3.78. The third-order valence-electron chi connectivity index (χ3n) is 5.14. The molecule has 1 saturated heterocycles. The van der Waals surface area contributed by atoms with Crippen molar-refractivity contribution in [2.24, 2.45) is 5.92 Å². The van der Waals surface area contributed by atoms with E-state index >= 15 is 0 Å². The lowest BCUT2D eigenvalue weighted by Crippen LogP contribution is -2.52. The average molecular weight is 281 g/mol. The number of piperazine rings is 1. The molecule has 0 radical (unpaired) electrons. The van der Waals surface area contributed by atoms with Crippen LogP contribution in [0.2, 0.25) is 0 Å². The van der Waals surface area contributed by atoms with Gasteiger partial charge in [-0.15, -0.1) is 0 Å². The maximum absolute atomic E-state index is 3.78. The van der Waals surface area contributed by atoms with Crippen molar-refractivity contribution in [3.63, 3.8) is 0 Å². The molecule has 0 aromatic rings. The second kappa shape index (κ2) is 9.01. The van der Waals surface area contributed by atoms with Crippen LogP contribution in [0.1, 0.15) is 52.4 Å². The molecular weight excluding hydrogens is 246 g/mol. The summed E-state index contributed by atoms with van der Waals surface area (Å²) in [6.07, 6.45) is 8.57. The van der Waals surface area contributed by atoms with Gasteiger partial charge in [0.05, 0.1) is 0 Å². The number of hydrogen-bond acceptors (Lipinski definition) is 3. The van der Waals surface area contributed by atoms with E-state index in [1.807, 2.05) is 0 Å². The van der Waals surface area contributed by atoms with Crippen molar-refractivity contribution in [1.29, 1.82) is 0 Å². The summed E-state index contributed by atoms with van der Waals surface area (Å²) in [5.74, 6) is 0.928. The Morgan fingerprint density at radius 2 is 1.60 bits per heavy atom. The van der Waals surface area contributed by atoms with Gasteiger partial charge in [-0.1, -0.05) is 33.1 Å². The van der Waals surface area contributed by atoms with Gasteiger partial charge in [-0.05, 0) is 38.3 Å². The van der Waals surface area contributed by atoms with Crippen molar-refractivity contribution >= 4 is 0 Å². The Labute approximate surface area is 126 Å². The molecule has 0 spiro atoms. The van der Waals surface area contributed by atoms with Crippen molar-refractivity contribution in [2.45, 2.75) is 58.4 Å². The largest absolute Gasteiger partial charge is 0.313 e. The lowest BCUT2D eigenvalue weighted by Gasteiger charge is -2.39. The van der Waals surface area contributed by atoms with E-state index in [-0.39, 0.29) is 0 Å². The number of likely N-dealkylation sites (N-methyl/N-ethyl adjacent to an activating group) is 1. The first-order chi connectivity index (χ1) is 9.83. The van der Waals surface area contributed by atoms with Crippen molar-refractivity contribution in [2.75, 3.05) is 45.8 Å². The summed E-state index contributed by atoms with van der Waals surface area (Å²) in [5.41, 5.74) is 0. The van der Waals surface area contributed by atoms with Gasteiger partial charge in [-0.2, -0.15) is 0 Å². The highest BCUT2D eigenvalue weighted by molar-refractivity contribution is 4.83. The quantitative estimate of drug-likeness (QED) is 0.774. The molecule has 1 aliphatic heterocycles. The van der Waals surface area contributed by atoms with Gasteiger partial charge in [0, 0.05) is 38.8 Å². The van der Waals surface area contributed by atoms with Gasteiger partial charge in [0.1, 0.15) is 0 Å². The van der Waals surface area contributed by atoms with E-state index in [9.17, 15) is 0 Å². The van der Waals surface area contributed by atoms with Crippen LogP contribution in [0.15, 0.2) is 0 Å². The molecule has 20 heavy (non-hydrogen) atoms. The Kier molecular flexibility index (Phi) is 7.32. The molecule has 1 aliphatic carbocycles. The van der Waals surface area contributed by atoms with Crippen LogP contribution in [0, 0.1) is 5.92 Å². The van der Waals surface area contributed by atoms with E-state index in [0.29, 0.717) is 0 Å². The molecule has 2 rings (SSSR count). The molecule has 1 unspecified atom stereocenters. The summed E-state index contributed by atoms with van der Waals surface area (Å²) in [5, 5.41) is 3.78. The fourth-order valence-electron chi connectivity index (χ4n) is 3.97. The fourth-order valence-corrected chi connectivity index (χ4v) is 3.97. The lowest BCUT2D eigenvalue weighted by molar-refractivity contribution is 0.108. The first-order valence-corrected chi connectivity index (χ1v) is 9.01. The van der Waals surface area contributed by atoms with E-state index in [2.05, 4.69) is 29.0 Å². The number of hydrogen-bond donors (Lipinski definition) is 1. The van der Waals surface area contributed by atoms with Crippen LogP contribution in [0.5, 0.6) is 0 Å². The predicted molar refractivity (Wildman–Crippen MR) is 87.2 cm³/mol. The number of nitrogens with one attached hydrogen (secondary N) is 1. The molecule has 1 atom stereocenters. The van der Waals surface area contributed by atoms with Crippen LogP contribution in [-0.2, 0) is 0 Å². The van der Waals surface area contributed by atoms with E-state index in [1.165, 1.54) is 77.8 Å². The molecule has 3 heteroatoms. The highest BCUT2D eigenvalue weighted by Crippen LogP contribution is 2.27. The zero-order valence-corrected chi connectivity index (χ0v) is 13.7. The second-order valence-corrected chi connectivity index (χ2v) is 6.70. The van der Waals surface area contributed by atoms with Crippen LogP contribution >= 0.6 is 0 Å². The standard InChI is InChI=1S/C17H35N3/c1-3-10-19-11-13-20(14-12-19)15-17(18-4-2)16-8-6-5-7-9-16/h16-18H,3-15H2,1-2H3. The van der Waals surface area contributed by atoms with E-state index in [0.717, 1.165) is 18.5 Å². The van der Waals surface area contributed by atoms with Crippen molar-refractivity contribution in [3.8, 4) is 0 Å². The number of nitrogens with zero attached hydrogens (tertiary/aromatic N) is 2. The fraction of sp³-hybridized carbons (Fsp3) is 1.00. The SMILES string of the molecule is CCCN1CCN(CC(NCC)C2CCCCC2)CC1. The first-order valence-electron chi connectivity index (χ1n) is 9.01. The van der Waals surface area contributed by atoms with Crippen molar-refractivity contribution < 1.29 is 0 Å². The summed E-state index contributed by atoms with van der Waals surface area (Å²) in [4.78, 5) is 5.33. The normalized spacial score (nSPS) is 24.9. The summed E-state index contributed by atoms with van der Waals surface area (Å²) in [7, 11) is 0. The molecule has 0 aromatic heterocycles. The highest BCUT2D eigenvalue weighted by Gasteiger charge is 2.26. The van der Waals surface area contributed by atoms with E-state index in [4.69, 9.17) is 0 Å². The third kappa shape index (κ3) is 5.01. The molecule has 1 saturated carbocycles. The van der Waals surface area contributed by atoms with Gasteiger partial charge in [0.15, 0.2) is 0 Å². The van der Waals surface area contributed by atoms with Crippen LogP contribution in [0.3, 0.4) is 0 Å². The molecular formula is C17H35N3. The second-order valence-electron chi connectivity index (χ2n) is 6.70. The minimum Gasteiger partial charge on any atom is -0.313 e. The Morgan fingerprint density at radius 1 is 0.950 bits per heavy atom. The number of rotatable bonds is 7. The Balaban J connectivity index is 1.76. The van der Waals surface area contributed by atoms with Gasteiger partial charge >= 0.3 is 0 Å². The van der Waals surface area contributed by atoms with Crippen LogP contribution in [0.4, 0.5) is 0 Å². The van der Waals surface area contributed by atoms with Gasteiger partial charge < -0.3 is 10.2 Å². The monoisotopic (exact) mass is 281 g/mol. The first kappa shape index (κ1) is 16.3. The van der Waals surface area contributed by atoms with Gasteiger partial charge in [-0.25, -0.2) is 0 Å². The molecule has 3 nitrogen and oxygen atoms in total. The summed E-state index contributed by atoms with van der Waals surface area (Å²) >= 11 is 0. The molecule has 1 heterocycles. The molecule has 2 aliphatic rings. The van der Waals surface area contributed by atoms with Crippen molar-refractivity contribution in [1.82, 2.24) is 15.1 Å². The molecule has 118 valence electrons. The minimum absolute atomic E-state index is 0.734. The molecule has 0 bridgehead atoms. The average Bonchev–Trinajstić information content (AvgIpc) is 2.50. The smallest absolute Gasteiger partial charge is 0.0223 e. The zero-order valence-electron chi connectivity index (χ0n) is 13.7.